The van der Waals surface area contributed by atoms with Gasteiger partial charge in [0.25, 0.3) is 10.0 Å². The first-order valence-corrected chi connectivity index (χ1v) is 7.79. The van der Waals surface area contributed by atoms with Gasteiger partial charge >= 0.3 is 5.97 Å². The van der Waals surface area contributed by atoms with E-state index in [0.717, 1.165) is 6.20 Å². The van der Waals surface area contributed by atoms with Crippen LogP contribution >= 0.6 is 0 Å². The van der Waals surface area contributed by atoms with Gasteiger partial charge in [0.2, 0.25) is 0 Å². The topological polar surface area (TPSA) is 113 Å². The molecule has 0 amide bonds. The van der Waals surface area contributed by atoms with E-state index in [1.54, 1.807) is 6.92 Å². The minimum atomic E-state index is -3.90. The van der Waals surface area contributed by atoms with E-state index in [1.165, 1.54) is 4.31 Å². The number of aromatic amines is 1. The van der Waals surface area contributed by atoms with Crippen molar-refractivity contribution in [1.82, 2.24) is 14.5 Å². The molecule has 0 bridgehead atoms. The van der Waals surface area contributed by atoms with Gasteiger partial charge < -0.3 is 9.84 Å². The molecular formula is C11H17N3O5S. The number of aliphatic hydroxyl groups is 1. The number of nitrogens with one attached hydrogen (secondary N) is 1. The van der Waals surface area contributed by atoms with Crippen molar-refractivity contribution in [2.45, 2.75) is 30.8 Å². The fourth-order valence-corrected chi connectivity index (χ4v) is 4.00. The van der Waals surface area contributed by atoms with Crippen molar-refractivity contribution in [3.8, 4) is 0 Å². The van der Waals surface area contributed by atoms with Gasteiger partial charge in [-0.25, -0.2) is 13.2 Å². The number of sulfonamides is 1. The zero-order valence-corrected chi connectivity index (χ0v) is 11.9. The summed E-state index contributed by atoms with van der Waals surface area (Å²) in [6.45, 7) is 1.85. The molecule has 0 radical (unpaired) electrons. The lowest BCUT2D eigenvalue weighted by Crippen LogP contribution is -2.38. The zero-order valence-electron chi connectivity index (χ0n) is 11.1. The fourth-order valence-electron chi connectivity index (χ4n) is 2.25. The summed E-state index contributed by atoms with van der Waals surface area (Å²) in [5, 5.41) is 14.9. The van der Waals surface area contributed by atoms with Crippen LogP contribution in [0.25, 0.3) is 0 Å². The minimum absolute atomic E-state index is 0.115. The first kappa shape index (κ1) is 14.9. The van der Waals surface area contributed by atoms with Gasteiger partial charge in [-0.1, -0.05) is 0 Å². The number of aromatic nitrogens is 2. The van der Waals surface area contributed by atoms with Crippen LogP contribution in [0.15, 0.2) is 11.2 Å². The average molecular weight is 303 g/mol. The highest BCUT2D eigenvalue weighted by Crippen LogP contribution is 2.26. The first-order valence-electron chi connectivity index (χ1n) is 6.35. The summed E-state index contributed by atoms with van der Waals surface area (Å²) in [5.74, 6) is -0.737. The van der Waals surface area contributed by atoms with E-state index < -0.39 is 22.0 Å². The van der Waals surface area contributed by atoms with Crippen LogP contribution in [-0.4, -0.2) is 59.8 Å². The monoisotopic (exact) mass is 303 g/mol. The van der Waals surface area contributed by atoms with Gasteiger partial charge in [0.05, 0.1) is 19.4 Å². The molecule has 0 unspecified atom stereocenters. The summed E-state index contributed by atoms with van der Waals surface area (Å²) in [5.41, 5.74) is -0.115. The van der Waals surface area contributed by atoms with Crippen molar-refractivity contribution >= 4 is 16.0 Å². The highest BCUT2D eigenvalue weighted by atomic mass is 32.2. The van der Waals surface area contributed by atoms with E-state index in [9.17, 15) is 18.3 Å². The number of H-pyrrole nitrogens is 1. The molecule has 1 aliphatic rings. The number of carbonyl (C=O) groups is 1. The molecule has 9 heteroatoms. The van der Waals surface area contributed by atoms with Crippen molar-refractivity contribution in [1.29, 1.82) is 0 Å². The lowest BCUT2D eigenvalue weighted by atomic mass is 10.2. The van der Waals surface area contributed by atoms with Gasteiger partial charge in [-0.15, -0.1) is 0 Å². The number of carbonyl (C=O) groups excluding carboxylic acids is 1. The molecule has 0 spiro atoms. The van der Waals surface area contributed by atoms with Crippen LogP contribution in [0.4, 0.5) is 0 Å². The average Bonchev–Trinajstić information content (AvgIpc) is 3.08. The third kappa shape index (κ3) is 2.56. The summed E-state index contributed by atoms with van der Waals surface area (Å²) in [4.78, 5) is 11.7. The van der Waals surface area contributed by atoms with Crippen LogP contribution < -0.4 is 0 Å². The molecule has 2 heterocycles. The quantitative estimate of drug-likeness (QED) is 0.724. The molecule has 2 rings (SSSR count). The van der Waals surface area contributed by atoms with Gasteiger partial charge in [0.15, 0.2) is 5.03 Å². The number of rotatable bonds is 5. The summed E-state index contributed by atoms with van der Waals surface area (Å²) < 4.78 is 31.1. The second-order valence-electron chi connectivity index (χ2n) is 4.43. The van der Waals surface area contributed by atoms with Gasteiger partial charge in [-0.3, -0.25) is 5.10 Å². The van der Waals surface area contributed by atoms with E-state index in [2.05, 4.69) is 10.2 Å². The molecule has 20 heavy (non-hydrogen) atoms. The molecule has 2 N–H and O–H groups in total. The molecule has 0 aliphatic carbocycles. The predicted octanol–water partition coefficient (Wildman–Crippen LogP) is -0.268. The smallest absolute Gasteiger partial charge is 0.342 e. The Balaban J connectivity index is 2.35. The number of hydrogen-bond donors (Lipinski definition) is 2. The molecule has 0 saturated carbocycles. The van der Waals surface area contributed by atoms with Gasteiger partial charge in [0.1, 0.15) is 5.56 Å². The van der Waals surface area contributed by atoms with E-state index in [4.69, 9.17) is 4.74 Å². The van der Waals surface area contributed by atoms with Gasteiger partial charge in [-0.2, -0.15) is 9.40 Å². The zero-order chi connectivity index (χ0) is 14.8. The third-order valence-electron chi connectivity index (χ3n) is 3.20. The summed E-state index contributed by atoms with van der Waals surface area (Å²) in [6.07, 6.45) is 2.40. The maximum atomic E-state index is 12.5. The number of nitrogens with zero attached hydrogens (tertiary/aromatic N) is 2. The van der Waals surface area contributed by atoms with Gasteiger partial charge in [0, 0.05) is 12.6 Å². The third-order valence-corrected chi connectivity index (χ3v) is 5.13. The van der Waals surface area contributed by atoms with Crippen LogP contribution in [0.1, 0.15) is 30.1 Å². The molecule has 8 nitrogen and oxygen atoms in total. The number of ether oxygens (including phenoxy) is 1. The van der Waals surface area contributed by atoms with Gasteiger partial charge in [-0.05, 0) is 19.8 Å². The Kier molecular flexibility index (Phi) is 4.41. The predicted molar refractivity (Wildman–Crippen MR) is 68.5 cm³/mol. The molecule has 1 aromatic heterocycles. The Bertz CT molecular complexity index is 583. The standard InChI is InChI=1S/C11H17N3O5S/c1-2-19-11(16)9-6-12-13-10(9)20(17,18)14-5-3-4-8(14)7-15/h6,8,15H,2-5,7H2,1H3,(H,12,13)/t8-/m0/s1. The van der Waals surface area contributed by atoms with Crippen LogP contribution in [0.2, 0.25) is 0 Å². The molecule has 0 aromatic carbocycles. The highest BCUT2D eigenvalue weighted by Gasteiger charge is 2.38. The Morgan fingerprint density at radius 3 is 3.05 bits per heavy atom. The molecule has 1 fully saturated rings. The van der Waals surface area contributed by atoms with Crippen molar-refractivity contribution in [2.75, 3.05) is 19.8 Å². The number of aliphatic hydroxyl groups excluding tert-OH is 1. The van der Waals surface area contributed by atoms with E-state index in [-0.39, 0.29) is 23.8 Å². The van der Waals surface area contributed by atoms with E-state index in [0.29, 0.717) is 19.4 Å². The van der Waals surface area contributed by atoms with Crippen LogP contribution in [0.5, 0.6) is 0 Å². The molecule has 1 atom stereocenters. The minimum Gasteiger partial charge on any atom is -0.462 e. The normalized spacial score (nSPS) is 20.2. The molecule has 1 aromatic rings. The summed E-state index contributed by atoms with van der Waals surface area (Å²) in [7, 11) is -3.90. The van der Waals surface area contributed by atoms with Crippen LogP contribution in [0, 0.1) is 0 Å². The number of esters is 1. The van der Waals surface area contributed by atoms with Crippen molar-refractivity contribution in [2.24, 2.45) is 0 Å². The summed E-state index contributed by atoms with van der Waals surface area (Å²) >= 11 is 0. The second-order valence-corrected chi connectivity index (χ2v) is 6.26. The Labute approximate surface area is 116 Å². The van der Waals surface area contributed by atoms with Crippen LogP contribution in [-0.2, 0) is 14.8 Å². The van der Waals surface area contributed by atoms with Crippen molar-refractivity contribution in [3.63, 3.8) is 0 Å². The second kappa shape index (κ2) is 5.90. The largest absolute Gasteiger partial charge is 0.462 e. The SMILES string of the molecule is CCOC(=O)c1cn[nH]c1S(=O)(=O)N1CCC[C@H]1CO. The first-order chi connectivity index (χ1) is 9.52. The van der Waals surface area contributed by atoms with E-state index in [1.807, 2.05) is 0 Å². The van der Waals surface area contributed by atoms with E-state index >= 15 is 0 Å². The maximum absolute atomic E-state index is 12.5. The maximum Gasteiger partial charge on any atom is 0.342 e. The molecule has 1 aliphatic heterocycles. The molecule has 112 valence electrons. The van der Waals surface area contributed by atoms with Crippen molar-refractivity contribution < 1.29 is 23.1 Å². The molecule has 1 saturated heterocycles. The Morgan fingerprint density at radius 1 is 1.65 bits per heavy atom. The summed E-state index contributed by atoms with van der Waals surface area (Å²) in [6, 6.07) is -0.460. The highest BCUT2D eigenvalue weighted by molar-refractivity contribution is 7.89. The van der Waals surface area contributed by atoms with Crippen LogP contribution in [0.3, 0.4) is 0 Å². The van der Waals surface area contributed by atoms with Crippen molar-refractivity contribution in [3.05, 3.63) is 11.8 Å². The lowest BCUT2D eigenvalue weighted by molar-refractivity contribution is 0.0521. The fraction of sp³-hybridized carbons (Fsp3) is 0.636. The molecular weight excluding hydrogens is 286 g/mol. The lowest BCUT2D eigenvalue weighted by Gasteiger charge is -2.21. The number of hydrogen-bond acceptors (Lipinski definition) is 6. The Morgan fingerprint density at radius 2 is 2.40 bits per heavy atom. The Hall–Kier alpha value is -1.45.